The van der Waals surface area contributed by atoms with Crippen LogP contribution in [0.25, 0.3) is 0 Å². The van der Waals surface area contributed by atoms with E-state index in [1.54, 1.807) is 24.3 Å². The highest BCUT2D eigenvalue weighted by Gasteiger charge is 2.09. The molecule has 148 valence electrons. The molecule has 0 heterocycles. The van der Waals surface area contributed by atoms with E-state index < -0.39 is 0 Å². The van der Waals surface area contributed by atoms with Crippen LogP contribution in [0.2, 0.25) is 15.1 Å². The third-order valence-electron chi connectivity index (χ3n) is 3.48. The van der Waals surface area contributed by atoms with E-state index in [9.17, 15) is 9.59 Å². The van der Waals surface area contributed by atoms with Crippen molar-refractivity contribution < 1.29 is 14.3 Å². The maximum absolute atomic E-state index is 12.0. The Bertz CT molecular complexity index is 888. The standard InChI is InChI=1S/C19H18Cl3N3O3/c1-2-28-17-6-4-14(20)9-13(17)11-24-25-18(26)7-8-23-19(27)12-3-5-15(21)16(22)10-12/h3-6,9-11H,2,7-8H2,1H3,(H,23,27)(H,25,26). The van der Waals surface area contributed by atoms with E-state index in [0.717, 1.165) is 0 Å². The summed E-state index contributed by atoms with van der Waals surface area (Å²) in [6, 6.07) is 9.66. The molecular weight excluding hydrogens is 425 g/mol. The van der Waals surface area contributed by atoms with Gasteiger partial charge in [-0.05, 0) is 43.3 Å². The van der Waals surface area contributed by atoms with Crippen LogP contribution >= 0.6 is 34.8 Å². The molecule has 28 heavy (non-hydrogen) atoms. The minimum Gasteiger partial charge on any atom is -0.493 e. The lowest BCUT2D eigenvalue weighted by molar-refractivity contribution is -0.120. The molecule has 2 aromatic carbocycles. The van der Waals surface area contributed by atoms with E-state index in [4.69, 9.17) is 39.5 Å². The van der Waals surface area contributed by atoms with Gasteiger partial charge in [-0.25, -0.2) is 5.43 Å². The summed E-state index contributed by atoms with van der Waals surface area (Å²) in [6.45, 7) is 2.50. The highest BCUT2D eigenvalue weighted by molar-refractivity contribution is 6.42. The first-order valence-corrected chi connectivity index (χ1v) is 9.51. The number of hydrazone groups is 1. The molecule has 0 aliphatic rings. The van der Waals surface area contributed by atoms with Gasteiger partial charge in [-0.1, -0.05) is 34.8 Å². The predicted octanol–water partition coefficient (Wildman–Crippen LogP) is 4.32. The molecule has 0 aliphatic heterocycles. The molecule has 0 atom stereocenters. The molecule has 0 radical (unpaired) electrons. The zero-order valence-electron chi connectivity index (χ0n) is 15.0. The summed E-state index contributed by atoms with van der Waals surface area (Å²) in [5, 5.41) is 7.70. The number of amides is 2. The molecule has 2 rings (SSSR count). The molecule has 0 saturated carbocycles. The number of hydrogen-bond acceptors (Lipinski definition) is 4. The Labute approximate surface area is 177 Å². The summed E-state index contributed by atoms with van der Waals surface area (Å²) in [5.41, 5.74) is 3.39. The number of carbonyl (C=O) groups excluding carboxylic acids is 2. The normalized spacial score (nSPS) is 10.7. The Morgan fingerprint density at radius 1 is 1.11 bits per heavy atom. The predicted molar refractivity (Wildman–Crippen MR) is 112 cm³/mol. The van der Waals surface area contributed by atoms with Gasteiger partial charge in [-0.2, -0.15) is 5.10 Å². The van der Waals surface area contributed by atoms with E-state index in [-0.39, 0.29) is 29.8 Å². The first kappa shape index (κ1) is 22.0. The van der Waals surface area contributed by atoms with E-state index in [2.05, 4.69) is 15.8 Å². The van der Waals surface area contributed by atoms with Crippen molar-refractivity contribution in [2.24, 2.45) is 5.10 Å². The molecule has 0 aromatic heterocycles. The molecule has 2 N–H and O–H groups in total. The molecule has 0 spiro atoms. The minimum absolute atomic E-state index is 0.0538. The number of rotatable bonds is 8. The molecule has 0 unspecified atom stereocenters. The third-order valence-corrected chi connectivity index (χ3v) is 4.46. The van der Waals surface area contributed by atoms with Crippen LogP contribution in [0.15, 0.2) is 41.5 Å². The number of hydrogen-bond donors (Lipinski definition) is 2. The molecule has 0 bridgehead atoms. The lowest BCUT2D eigenvalue weighted by atomic mass is 10.2. The van der Waals surface area contributed by atoms with Crippen molar-refractivity contribution in [3.63, 3.8) is 0 Å². The number of nitrogens with zero attached hydrogens (tertiary/aromatic N) is 1. The van der Waals surface area contributed by atoms with Crippen molar-refractivity contribution in [1.82, 2.24) is 10.7 Å². The van der Waals surface area contributed by atoms with Gasteiger partial charge in [0.05, 0.1) is 22.9 Å². The van der Waals surface area contributed by atoms with Crippen molar-refractivity contribution in [3.8, 4) is 5.75 Å². The SMILES string of the molecule is CCOc1ccc(Cl)cc1C=NNC(=O)CCNC(=O)c1ccc(Cl)c(Cl)c1. The first-order valence-electron chi connectivity index (χ1n) is 8.38. The monoisotopic (exact) mass is 441 g/mol. The number of ether oxygens (including phenoxy) is 1. The Balaban J connectivity index is 1.81. The van der Waals surface area contributed by atoms with Crippen LogP contribution in [0.4, 0.5) is 0 Å². The van der Waals surface area contributed by atoms with Gasteiger partial charge in [0, 0.05) is 29.1 Å². The average molecular weight is 443 g/mol. The van der Waals surface area contributed by atoms with Gasteiger partial charge in [-0.15, -0.1) is 0 Å². The van der Waals surface area contributed by atoms with Crippen molar-refractivity contribution in [3.05, 3.63) is 62.6 Å². The van der Waals surface area contributed by atoms with E-state index in [1.165, 1.54) is 18.3 Å². The lowest BCUT2D eigenvalue weighted by Gasteiger charge is -2.07. The molecule has 2 aromatic rings. The van der Waals surface area contributed by atoms with Gasteiger partial charge in [0.15, 0.2) is 0 Å². The second kappa shape index (κ2) is 10.9. The summed E-state index contributed by atoms with van der Waals surface area (Å²) < 4.78 is 5.47. The second-order valence-electron chi connectivity index (χ2n) is 5.54. The quantitative estimate of drug-likeness (QED) is 0.472. The lowest BCUT2D eigenvalue weighted by Crippen LogP contribution is -2.29. The zero-order valence-corrected chi connectivity index (χ0v) is 17.2. The Kier molecular flexibility index (Phi) is 8.57. The summed E-state index contributed by atoms with van der Waals surface area (Å²) in [7, 11) is 0. The minimum atomic E-state index is -0.356. The van der Waals surface area contributed by atoms with E-state index >= 15 is 0 Å². The maximum atomic E-state index is 12.0. The van der Waals surface area contributed by atoms with Gasteiger partial charge in [0.25, 0.3) is 5.91 Å². The van der Waals surface area contributed by atoms with E-state index in [1.807, 2.05) is 6.92 Å². The number of nitrogens with one attached hydrogen (secondary N) is 2. The van der Waals surface area contributed by atoms with E-state index in [0.29, 0.717) is 33.5 Å². The number of carbonyl (C=O) groups is 2. The van der Waals surface area contributed by atoms with Crippen LogP contribution in [0.5, 0.6) is 5.75 Å². The Hall–Kier alpha value is -2.28. The van der Waals surface area contributed by atoms with Crippen molar-refractivity contribution in [2.75, 3.05) is 13.2 Å². The smallest absolute Gasteiger partial charge is 0.251 e. The third kappa shape index (κ3) is 6.71. The molecule has 0 fully saturated rings. The molecule has 0 saturated heterocycles. The van der Waals surface area contributed by atoms with Crippen LogP contribution in [-0.4, -0.2) is 31.2 Å². The van der Waals surface area contributed by atoms with Gasteiger partial charge in [0.2, 0.25) is 5.91 Å². The first-order chi connectivity index (χ1) is 13.4. The van der Waals surface area contributed by atoms with Crippen LogP contribution in [0.3, 0.4) is 0 Å². The Morgan fingerprint density at radius 3 is 2.61 bits per heavy atom. The van der Waals surface area contributed by atoms with Crippen LogP contribution in [0.1, 0.15) is 29.3 Å². The number of benzene rings is 2. The van der Waals surface area contributed by atoms with Gasteiger partial charge >= 0.3 is 0 Å². The average Bonchev–Trinajstić information content (AvgIpc) is 2.66. The molecule has 0 aliphatic carbocycles. The fraction of sp³-hybridized carbons (Fsp3) is 0.211. The van der Waals surface area contributed by atoms with Gasteiger partial charge in [0.1, 0.15) is 5.75 Å². The fourth-order valence-corrected chi connectivity index (χ4v) is 2.64. The summed E-state index contributed by atoms with van der Waals surface area (Å²) in [6.07, 6.45) is 1.50. The van der Waals surface area contributed by atoms with Crippen molar-refractivity contribution >= 4 is 52.8 Å². The van der Waals surface area contributed by atoms with Crippen molar-refractivity contribution in [1.29, 1.82) is 0 Å². The van der Waals surface area contributed by atoms with Crippen LogP contribution in [-0.2, 0) is 4.79 Å². The fourth-order valence-electron chi connectivity index (χ4n) is 2.17. The summed E-state index contributed by atoms with van der Waals surface area (Å²) in [4.78, 5) is 23.9. The Morgan fingerprint density at radius 2 is 1.89 bits per heavy atom. The molecular formula is C19H18Cl3N3O3. The van der Waals surface area contributed by atoms with Crippen molar-refractivity contribution in [2.45, 2.75) is 13.3 Å². The molecule has 9 heteroatoms. The topological polar surface area (TPSA) is 79.8 Å². The van der Waals surface area contributed by atoms with Crippen LogP contribution in [0, 0.1) is 0 Å². The second-order valence-corrected chi connectivity index (χ2v) is 6.79. The summed E-state index contributed by atoms with van der Waals surface area (Å²) in [5.74, 6) is -0.0976. The zero-order chi connectivity index (χ0) is 20.5. The van der Waals surface area contributed by atoms with Crippen LogP contribution < -0.4 is 15.5 Å². The molecule has 2 amide bonds. The van der Waals surface area contributed by atoms with Gasteiger partial charge in [-0.3, -0.25) is 9.59 Å². The number of halogens is 3. The highest BCUT2D eigenvalue weighted by Crippen LogP contribution is 2.22. The summed E-state index contributed by atoms with van der Waals surface area (Å²) >= 11 is 17.7. The largest absolute Gasteiger partial charge is 0.493 e. The van der Waals surface area contributed by atoms with Gasteiger partial charge < -0.3 is 10.1 Å². The maximum Gasteiger partial charge on any atom is 0.251 e. The molecule has 6 nitrogen and oxygen atoms in total. The highest BCUT2D eigenvalue weighted by atomic mass is 35.5.